The van der Waals surface area contributed by atoms with E-state index < -0.39 is 12.0 Å². The molecule has 0 aliphatic heterocycles. The second kappa shape index (κ2) is 6.83. The molecule has 9 heavy (non-hydrogen) atoms. The lowest BCUT2D eigenvalue weighted by molar-refractivity contribution is -0.138. The molecule has 0 amide bonds. The molecule has 0 bridgehead atoms. The molecule has 4 N–H and O–H groups in total. The maximum Gasteiger partial charge on any atom is 0.320 e. The predicted octanol–water partition coefficient (Wildman–Crippen LogP) is -0.440. The van der Waals surface area contributed by atoms with Gasteiger partial charge in [0, 0.05) is 0 Å². The largest absolute Gasteiger partial charge is 0.480 e. The smallest absolute Gasteiger partial charge is 0.320 e. The summed E-state index contributed by atoms with van der Waals surface area (Å²) >= 11 is 0. The van der Waals surface area contributed by atoms with E-state index in [2.05, 4.69) is 0 Å². The fraction of sp³-hybridized carbons (Fsp3) is 0.667. The summed E-state index contributed by atoms with van der Waals surface area (Å²) in [5, 5.41) is 15.8. The van der Waals surface area contributed by atoms with Crippen LogP contribution >= 0.6 is 0 Å². The van der Waals surface area contributed by atoms with Crippen LogP contribution in [0.1, 0.15) is 6.92 Å². The minimum absolute atomic E-state index is 0.731. The van der Waals surface area contributed by atoms with Gasteiger partial charge in [0.05, 0.1) is 0 Å². The zero-order chi connectivity index (χ0) is 7.86. The average Bonchev–Trinajstić information content (AvgIpc) is 1.68. The molecule has 0 radical (unpaired) electrons. The second-order valence-corrected chi connectivity index (χ2v) is 1.21. The maximum atomic E-state index is 9.57. The molecule has 54 valence electrons. The van der Waals surface area contributed by atoms with E-state index in [0.29, 0.717) is 0 Å². The van der Waals surface area contributed by atoms with Gasteiger partial charge in [-0.2, -0.15) is 0 Å². The van der Waals surface area contributed by atoms with E-state index in [1.54, 1.807) is 0 Å². The number of carboxylic acid groups (broad SMARTS) is 1. The molecule has 0 saturated carbocycles. The summed E-state index contributed by atoms with van der Waals surface area (Å²) in [6.07, 6.45) is 0. The standard InChI is InChI=1S/C3H7NO2.HNO2/c1-2(4)3(5)6;2-1-3/h2H,4H2,1H3,(H,5,6);(H,2,3)/t2-;/m0./s1. The summed E-state index contributed by atoms with van der Waals surface area (Å²) in [6, 6.07) is -0.731. The Morgan fingerprint density at radius 3 is 1.89 bits per heavy atom. The Kier molecular flexibility index (Phi) is 8.16. The Bertz CT molecular complexity index is 91.8. The third kappa shape index (κ3) is 19.9. The molecule has 0 rings (SSSR count). The van der Waals surface area contributed by atoms with E-state index >= 15 is 0 Å². The fourth-order valence-corrected chi connectivity index (χ4v) is 0. The molecule has 0 aliphatic rings. The highest BCUT2D eigenvalue weighted by atomic mass is 16.6. The van der Waals surface area contributed by atoms with Crippen molar-refractivity contribution in [2.24, 2.45) is 11.1 Å². The molecule has 0 aromatic heterocycles. The highest BCUT2D eigenvalue weighted by molar-refractivity contribution is 5.72. The number of nitrogens with two attached hydrogens (primary N) is 1. The Morgan fingerprint density at radius 2 is 1.89 bits per heavy atom. The summed E-state index contributed by atoms with van der Waals surface area (Å²) in [4.78, 5) is 17.7. The lowest BCUT2D eigenvalue weighted by Crippen LogP contribution is -2.25. The molecule has 6 nitrogen and oxygen atoms in total. The minimum Gasteiger partial charge on any atom is -0.480 e. The number of rotatable bonds is 1. The molecule has 0 heterocycles. The van der Waals surface area contributed by atoms with Crippen LogP contribution in [0.25, 0.3) is 0 Å². The lowest BCUT2D eigenvalue weighted by atomic mass is 10.4. The van der Waals surface area contributed by atoms with Crippen molar-refractivity contribution < 1.29 is 15.1 Å². The van der Waals surface area contributed by atoms with E-state index in [1.165, 1.54) is 12.3 Å². The first-order valence-corrected chi connectivity index (χ1v) is 2.01. The number of aliphatic carboxylic acids is 1. The zero-order valence-electron chi connectivity index (χ0n) is 4.81. The van der Waals surface area contributed by atoms with Gasteiger partial charge in [-0.05, 0) is 6.92 Å². The van der Waals surface area contributed by atoms with Crippen molar-refractivity contribution in [2.45, 2.75) is 13.0 Å². The van der Waals surface area contributed by atoms with E-state index in [9.17, 15) is 4.79 Å². The summed E-state index contributed by atoms with van der Waals surface area (Å²) in [6.45, 7) is 1.42. The number of nitrogens with zero attached hydrogens (tertiary/aromatic N) is 1. The van der Waals surface area contributed by atoms with Crippen LogP contribution in [0.2, 0.25) is 0 Å². The van der Waals surface area contributed by atoms with Gasteiger partial charge in [0.25, 0.3) is 0 Å². The van der Waals surface area contributed by atoms with E-state index in [-0.39, 0.29) is 0 Å². The predicted molar refractivity (Wildman–Crippen MR) is 28.9 cm³/mol. The van der Waals surface area contributed by atoms with Gasteiger partial charge in [-0.25, -0.2) is 0 Å². The third-order valence-electron chi connectivity index (χ3n) is 0.390. The van der Waals surface area contributed by atoms with Gasteiger partial charge in [-0.3, -0.25) is 4.79 Å². The first-order chi connectivity index (χ1) is 4.06. The Morgan fingerprint density at radius 1 is 1.78 bits per heavy atom. The number of hydrogen-bond acceptors (Lipinski definition) is 4. The first-order valence-electron chi connectivity index (χ1n) is 2.01. The Hall–Kier alpha value is -1.17. The fourth-order valence-electron chi connectivity index (χ4n) is 0. The van der Waals surface area contributed by atoms with Crippen LogP contribution in [0.15, 0.2) is 5.34 Å². The molecule has 0 aromatic carbocycles. The molecule has 0 saturated heterocycles. The van der Waals surface area contributed by atoms with Gasteiger partial charge in [0.15, 0.2) is 5.34 Å². The molecular formula is C3H8N2O4. The quantitative estimate of drug-likeness (QED) is 0.334. The molecule has 0 unspecified atom stereocenters. The van der Waals surface area contributed by atoms with Crippen LogP contribution in [-0.2, 0) is 4.79 Å². The maximum absolute atomic E-state index is 9.57. The number of carbonyl (C=O) groups is 1. The Labute approximate surface area is 51.2 Å². The molecule has 6 heteroatoms. The van der Waals surface area contributed by atoms with Crippen molar-refractivity contribution in [3.63, 3.8) is 0 Å². The van der Waals surface area contributed by atoms with Crippen molar-refractivity contribution in [1.82, 2.24) is 0 Å². The average molecular weight is 136 g/mol. The van der Waals surface area contributed by atoms with Gasteiger partial charge in [-0.15, -0.1) is 4.91 Å². The SMILES string of the molecule is C[C@H](N)C(=O)O.O=NO. The van der Waals surface area contributed by atoms with Gasteiger partial charge >= 0.3 is 5.97 Å². The van der Waals surface area contributed by atoms with Gasteiger partial charge in [0.1, 0.15) is 6.04 Å². The second-order valence-electron chi connectivity index (χ2n) is 1.21. The molecule has 0 spiro atoms. The first kappa shape index (κ1) is 10.7. The van der Waals surface area contributed by atoms with Crippen molar-refractivity contribution in [2.75, 3.05) is 0 Å². The summed E-state index contributed by atoms with van der Waals surface area (Å²) in [7, 11) is 0. The molecular weight excluding hydrogens is 128 g/mol. The van der Waals surface area contributed by atoms with Crippen LogP contribution in [0.4, 0.5) is 0 Å². The summed E-state index contributed by atoms with van der Waals surface area (Å²) < 4.78 is 0. The number of hydrogen-bond donors (Lipinski definition) is 3. The Balaban J connectivity index is 0. The van der Waals surface area contributed by atoms with Crippen LogP contribution < -0.4 is 5.73 Å². The van der Waals surface area contributed by atoms with Crippen molar-refractivity contribution in [3.8, 4) is 0 Å². The van der Waals surface area contributed by atoms with Crippen LogP contribution in [0, 0.1) is 4.91 Å². The van der Waals surface area contributed by atoms with Crippen LogP contribution in [0.3, 0.4) is 0 Å². The van der Waals surface area contributed by atoms with Crippen LogP contribution in [-0.4, -0.2) is 22.3 Å². The highest BCUT2D eigenvalue weighted by Gasteiger charge is 1.99. The monoisotopic (exact) mass is 136 g/mol. The van der Waals surface area contributed by atoms with E-state index in [0.717, 1.165) is 0 Å². The molecule has 0 fully saturated rings. The topological polar surface area (TPSA) is 113 Å². The normalized spacial score (nSPS) is 10.4. The highest BCUT2D eigenvalue weighted by Crippen LogP contribution is 1.68. The van der Waals surface area contributed by atoms with Crippen LogP contribution in [0.5, 0.6) is 0 Å². The molecule has 0 aromatic rings. The lowest BCUT2D eigenvalue weighted by Gasteiger charge is -1.90. The number of carboxylic acids is 1. The van der Waals surface area contributed by atoms with Crippen molar-refractivity contribution >= 4 is 5.97 Å². The minimum atomic E-state index is -0.963. The van der Waals surface area contributed by atoms with E-state index in [4.69, 9.17) is 21.0 Å². The summed E-state index contributed by atoms with van der Waals surface area (Å²) in [5.41, 5.74) is 4.84. The van der Waals surface area contributed by atoms with E-state index in [1.807, 2.05) is 0 Å². The van der Waals surface area contributed by atoms with Gasteiger partial charge in [0.2, 0.25) is 0 Å². The van der Waals surface area contributed by atoms with Crippen molar-refractivity contribution in [1.29, 1.82) is 0 Å². The molecule has 0 aliphatic carbocycles. The van der Waals surface area contributed by atoms with Crippen molar-refractivity contribution in [3.05, 3.63) is 4.91 Å². The third-order valence-corrected chi connectivity index (χ3v) is 0.390. The summed E-state index contributed by atoms with van der Waals surface area (Å²) in [5.74, 6) is -0.963. The molecule has 1 atom stereocenters. The zero-order valence-corrected chi connectivity index (χ0v) is 4.81. The van der Waals surface area contributed by atoms with Gasteiger partial charge in [-0.1, -0.05) is 0 Å². The van der Waals surface area contributed by atoms with Gasteiger partial charge < -0.3 is 16.0 Å².